The first-order valence-corrected chi connectivity index (χ1v) is 8.30. The molecule has 23 heavy (non-hydrogen) atoms. The molecule has 1 heterocycles. The van der Waals surface area contributed by atoms with Gasteiger partial charge in [0.05, 0.1) is 12.1 Å². The summed E-state index contributed by atoms with van der Waals surface area (Å²) >= 11 is 11.9. The highest BCUT2D eigenvalue weighted by atomic mass is 35.5. The lowest BCUT2D eigenvalue weighted by Crippen LogP contribution is -2.15. The van der Waals surface area contributed by atoms with Crippen LogP contribution in [0.4, 0.5) is 5.69 Å². The predicted octanol–water partition coefficient (Wildman–Crippen LogP) is 4.64. The van der Waals surface area contributed by atoms with Gasteiger partial charge in [0.25, 0.3) is 0 Å². The maximum atomic E-state index is 12.3. The Morgan fingerprint density at radius 3 is 2.39 bits per heavy atom. The van der Waals surface area contributed by atoms with E-state index in [-0.39, 0.29) is 12.3 Å². The number of hydrogen-bond acceptors (Lipinski definition) is 2. The number of rotatable bonds is 5. The molecule has 0 bridgehead atoms. The molecule has 0 saturated heterocycles. The zero-order valence-electron chi connectivity index (χ0n) is 13.8. The van der Waals surface area contributed by atoms with Crippen molar-refractivity contribution >= 4 is 34.8 Å². The number of anilines is 1. The van der Waals surface area contributed by atoms with Crippen molar-refractivity contribution < 1.29 is 4.79 Å². The monoisotopic (exact) mass is 353 g/mol. The van der Waals surface area contributed by atoms with E-state index in [0.717, 1.165) is 23.5 Å². The van der Waals surface area contributed by atoms with Crippen LogP contribution in [0.5, 0.6) is 0 Å². The number of hydrogen-bond donors (Lipinski definition) is 1. The SMILES string of the molecule is Cc1nn(CC(C)C)c(C)c1CC(=O)Nc1cc(Cl)cc(Cl)c1. The lowest BCUT2D eigenvalue weighted by atomic mass is 10.1. The van der Waals surface area contributed by atoms with Gasteiger partial charge in [-0.25, -0.2) is 0 Å². The summed E-state index contributed by atoms with van der Waals surface area (Å²) in [4.78, 5) is 12.3. The zero-order chi connectivity index (χ0) is 17.1. The summed E-state index contributed by atoms with van der Waals surface area (Å²) in [5.41, 5.74) is 3.49. The average molecular weight is 354 g/mol. The average Bonchev–Trinajstić information content (AvgIpc) is 2.64. The lowest BCUT2D eigenvalue weighted by Gasteiger charge is -2.09. The highest BCUT2D eigenvalue weighted by Gasteiger charge is 2.16. The van der Waals surface area contributed by atoms with Crippen LogP contribution in [-0.4, -0.2) is 15.7 Å². The van der Waals surface area contributed by atoms with Crippen LogP contribution in [0.2, 0.25) is 10.0 Å². The molecule has 0 aliphatic carbocycles. The Hall–Kier alpha value is -1.52. The van der Waals surface area contributed by atoms with Crippen LogP contribution < -0.4 is 5.32 Å². The van der Waals surface area contributed by atoms with Gasteiger partial charge in [0.15, 0.2) is 0 Å². The summed E-state index contributed by atoms with van der Waals surface area (Å²) in [6.45, 7) is 9.07. The van der Waals surface area contributed by atoms with Gasteiger partial charge in [0.2, 0.25) is 5.91 Å². The quantitative estimate of drug-likeness (QED) is 0.850. The highest BCUT2D eigenvalue weighted by molar-refractivity contribution is 6.35. The van der Waals surface area contributed by atoms with Crippen molar-refractivity contribution in [3.8, 4) is 0 Å². The molecular weight excluding hydrogens is 333 g/mol. The second kappa shape index (κ2) is 7.37. The number of aryl methyl sites for hydroxylation is 1. The molecule has 1 N–H and O–H groups in total. The Labute approximate surface area is 146 Å². The molecular formula is C17H21Cl2N3O. The first-order chi connectivity index (χ1) is 10.8. The molecule has 0 fully saturated rings. The summed E-state index contributed by atoms with van der Waals surface area (Å²) < 4.78 is 1.97. The van der Waals surface area contributed by atoms with Crippen LogP contribution in [0, 0.1) is 19.8 Å². The molecule has 1 aromatic heterocycles. The maximum Gasteiger partial charge on any atom is 0.228 e. The third-order valence-corrected chi connectivity index (χ3v) is 3.99. The van der Waals surface area contributed by atoms with Crippen molar-refractivity contribution in [2.75, 3.05) is 5.32 Å². The van der Waals surface area contributed by atoms with E-state index in [2.05, 4.69) is 24.3 Å². The Bertz CT molecular complexity index is 703. The topological polar surface area (TPSA) is 46.9 Å². The standard InChI is InChI=1S/C17H21Cl2N3O/c1-10(2)9-22-12(4)16(11(3)21-22)8-17(23)20-15-6-13(18)5-14(19)7-15/h5-7,10H,8-9H2,1-4H3,(H,20,23). The maximum absolute atomic E-state index is 12.3. The number of carbonyl (C=O) groups is 1. The van der Waals surface area contributed by atoms with Crippen molar-refractivity contribution in [3.05, 3.63) is 45.2 Å². The van der Waals surface area contributed by atoms with E-state index in [4.69, 9.17) is 23.2 Å². The first kappa shape index (κ1) is 17.8. The number of amides is 1. The van der Waals surface area contributed by atoms with Gasteiger partial charge in [-0.15, -0.1) is 0 Å². The van der Waals surface area contributed by atoms with Crippen LogP contribution in [0.3, 0.4) is 0 Å². The number of halogens is 2. The Balaban J connectivity index is 2.12. The van der Waals surface area contributed by atoms with Crippen molar-refractivity contribution in [1.29, 1.82) is 0 Å². The molecule has 0 unspecified atom stereocenters. The molecule has 0 aliphatic heterocycles. The third-order valence-electron chi connectivity index (χ3n) is 3.55. The van der Waals surface area contributed by atoms with Gasteiger partial charge in [0, 0.05) is 33.5 Å². The first-order valence-electron chi connectivity index (χ1n) is 7.55. The molecule has 1 aromatic carbocycles. The molecule has 124 valence electrons. The molecule has 0 radical (unpaired) electrons. The van der Waals surface area contributed by atoms with Crippen LogP contribution in [0.25, 0.3) is 0 Å². The molecule has 2 rings (SSSR count). The number of nitrogens with one attached hydrogen (secondary N) is 1. The summed E-state index contributed by atoms with van der Waals surface area (Å²) in [5.74, 6) is 0.391. The number of benzene rings is 1. The fourth-order valence-corrected chi connectivity index (χ4v) is 3.03. The second-order valence-corrected chi connectivity index (χ2v) is 6.98. The molecule has 4 nitrogen and oxygen atoms in total. The van der Waals surface area contributed by atoms with Gasteiger partial charge < -0.3 is 5.32 Å². The predicted molar refractivity (Wildman–Crippen MR) is 95.3 cm³/mol. The van der Waals surface area contributed by atoms with E-state index in [1.807, 2.05) is 18.5 Å². The van der Waals surface area contributed by atoms with E-state index in [1.54, 1.807) is 18.2 Å². The molecule has 0 spiro atoms. The van der Waals surface area contributed by atoms with E-state index in [0.29, 0.717) is 21.7 Å². The molecule has 0 aliphatic rings. The van der Waals surface area contributed by atoms with E-state index in [1.165, 1.54) is 0 Å². The molecule has 1 amide bonds. The van der Waals surface area contributed by atoms with E-state index in [9.17, 15) is 4.79 Å². The summed E-state index contributed by atoms with van der Waals surface area (Å²) in [5, 5.41) is 8.35. The largest absolute Gasteiger partial charge is 0.326 e. The zero-order valence-corrected chi connectivity index (χ0v) is 15.3. The molecule has 0 saturated carbocycles. The second-order valence-electron chi connectivity index (χ2n) is 6.11. The van der Waals surface area contributed by atoms with Gasteiger partial charge in [-0.05, 0) is 38.0 Å². The summed E-state index contributed by atoms with van der Waals surface area (Å²) in [6.07, 6.45) is 0.278. The molecule has 0 atom stereocenters. The fourth-order valence-electron chi connectivity index (χ4n) is 2.51. The van der Waals surface area contributed by atoms with Crippen molar-refractivity contribution in [2.24, 2.45) is 5.92 Å². The van der Waals surface area contributed by atoms with Crippen molar-refractivity contribution in [1.82, 2.24) is 9.78 Å². The minimum Gasteiger partial charge on any atom is -0.326 e. The van der Waals surface area contributed by atoms with E-state index < -0.39 is 0 Å². The van der Waals surface area contributed by atoms with Crippen LogP contribution >= 0.6 is 23.2 Å². The third kappa shape index (κ3) is 4.72. The number of carbonyl (C=O) groups excluding carboxylic acids is 1. The summed E-state index contributed by atoms with van der Waals surface area (Å²) in [7, 11) is 0. The summed E-state index contributed by atoms with van der Waals surface area (Å²) in [6, 6.07) is 4.98. The van der Waals surface area contributed by atoms with Crippen LogP contribution in [-0.2, 0) is 17.8 Å². The van der Waals surface area contributed by atoms with Crippen molar-refractivity contribution in [3.63, 3.8) is 0 Å². The van der Waals surface area contributed by atoms with E-state index >= 15 is 0 Å². The van der Waals surface area contributed by atoms with Gasteiger partial charge in [-0.3, -0.25) is 9.48 Å². The smallest absolute Gasteiger partial charge is 0.228 e. The Morgan fingerprint density at radius 1 is 1.22 bits per heavy atom. The number of aromatic nitrogens is 2. The van der Waals surface area contributed by atoms with Crippen LogP contribution in [0.15, 0.2) is 18.2 Å². The Kier molecular flexibility index (Phi) is 5.71. The van der Waals surface area contributed by atoms with Gasteiger partial charge in [-0.2, -0.15) is 5.10 Å². The lowest BCUT2D eigenvalue weighted by molar-refractivity contribution is -0.115. The molecule has 6 heteroatoms. The van der Waals surface area contributed by atoms with Gasteiger partial charge >= 0.3 is 0 Å². The Morgan fingerprint density at radius 2 is 1.83 bits per heavy atom. The van der Waals surface area contributed by atoms with Gasteiger partial charge in [-0.1, -0.05) is 37.0 Å². The normalized spacial score (nSPS) is 11.1. The fraction of sp³-hybridized carbons (Fsp3) is 0.412. The van der Waals surface area contributed by atoms with Crippen LogP contribution in [0.1, 0.15) is 30.8 Å². The van der Waals surface area contributed by atoms with Crippen molar-refractivity contribution in [2.45, 2.75) is 40.7 Å². The highest BCUT2D eigenvalue weighted by Crippen LogP contribution is 2.23. The number of nitrogens with zero attached hydrogens (tertiary/aromatic N) is 2. The minimum absolute atomic E-state index is 0.112. The van der Waals surface area contributed by atoms with Gasteiger partial charge in [0.1, 0.15) is 0 Å². The minimum atomic E-state index is -0.112. The molecule has 2 aromatic rings.